The molecule has 0 radical (unpaired) electrons. The third-order valence-electron chi connectivity index (χ3n) is 2.24. The van der Waals surface area contributed by atoms with Gasteiger partial charge in [-0.05, 0) is 12.1 Å². The van der Waals surface area contributed by atoms with Crippen molar-refractivity contribution in [3.63, 3.8) is 0 Å². The minimum Gasteiger partial charge on any atom is -0.369 e. The number of phosphoric acid groups is 1. The van der Waals surface area contributed by atoms with E-state index in [2.05, 4.69) is 40.5 Å². The molecular weight excluding hydrogens is 243 g/mol. The van der Waals surface area contributed by atoms with E-state index in [-0.39, 0.29) is 0 Å². The molecule has 96 valence electrons. The van der Waals surface area contributed by atoms with Crippen LogP contribution in [0.3, 0.4) is 0 Å². The third-order valence-corrected chi connectivity index (χ3v) is 2.24. The van der Waals surface area contributed by atoms with E-state index < -0.39 is 7.82 Å². The number of benzene rings is 1. The molecule has 7 heteroatoms. The van der Waals surface area contributed by atoms with Crippen LogP contribution in [0.1, 0.15) is 0 Å². The summed E-state index contributed by atoms with van der Waals surface area (Å²) < 4.78 is 8.88. The van der Waals surface area contributed by atoms with Gasteiger partial charge < -0.3 is 24.9 Å². The van der Waals surface area contributed by atoms with E-state index in [1.807, 2.05) is 0 Å². The van der Waals surface area contributed by atoms with Crippen molar-refractivity contribution in [3.05, 3.63) is 30.3 Å². The lowest BCUT2D eigenvalue weighted by Crippen LogP contribution is -2.43. The molecule has 17 heavy (non-hydrogen) atoms. The van der Waals surface area contributed by atoms with Crippen LogP contribution in [0.5, 0.6) is 0 Å². The van der Waals surface area contributed by atoms with Crippen LogP contribution in [0.15, 0.2) is 30.3 Å². The first-order valence-corrected chi connectivity index (χ1v) is 6.82. The van der Waals surface area contributed by atoms with Gasteiger partial charge in [0.25, 0.3) is 0 Å². The number of rotatable bonds is 1. The maximum Gasteiger partial charge on any atom is 0.466 e. The zero-order chi connectivity index (χ0) is 12.7. The molecule has 0 spiro atoms. The number of nitrogens with one attached hydrogen (secondary N) is 1. The lowest BCUT2D eigenvalue weighted by atomic mass is 10.2. The highest BCUT2D eigenvalue weighted by molar-refractivity contribution is 7.45. The molecule has 1 aromatic carbocycles. The molecule has 0 bridgehead atoms. The average molecular weight is 260 g/mol. The highest BCUT2D eigenvalue weighted by Gasteiger charge is 2.08. The number of piperazine rings is 1. The van der Waals surface area contributed by atoms with Crippen molar-refractivity contribution in [2.45, 2.75) is 0 Å². The number of nitrogens with zero attached hydrogens (tertiary/aromatic N) is 1. The van der Waals surface area contributed by atoms with Crippen molar-refractivity contribution in [1.29, 1.82) is 0 Å². The van der Waals surface area contributed by atoms with E-state index >= 15 is 0 Å². The van der Waals surface area contributed by atoms with Crippen LogP contribution in [-0.4, -0.2) is 40.9 Å². The summed E-state index contributed by atoms with van der Waals surface area (Å²) in [5.41, 5.74) is 1.35. The Labute approximate surface area is 100 Å². The fraction of sp³-hybridized carbons (Fsp3) is 0.400. The fourth-order valence-electron chi connectivity index (χ4n) is 1.56. The van der Waals surface area contributed by atoms with Crippen LogP contribution in [0.25, 0.3) is 0 Å². The van der Waals surface area contributed by atoms with Gasteiger partial charge in [0.1, 0.15) is 0 Å². The van der Waals surface area contributed by atoms with E-state index in [1.165, 1.54) is 5.69 Å². The van der Waals surface area contributed by atoms with Crippen molar-refractivity contribution in [3.8, 4) is 0 Å². The summed E-state index contributed by atoms with van der Waals surface area (Å²) in [7, 11) is -4.64. The zero-order valence-corrected chi connectivity index (χ0v) is 10.3. The summed E-state index contributed by atoms with van der Waals surface area (Å²) in [4.78, 5) is 24.0. The Morgan fingerprint density at radius 1 is 1.06 bits per heavy atom. The predicted molar refractivity (Wildman–Crippen MR) is 65.8 cm³/mol. The smallest absolute Gasteiger partial charge is 0.369 e. The van der Waals surface area contributed by atoms with Gasteiger partial charge in [0.2, 0.25) is 0 Å². The molecule has 6 nitrogen and oxygen atoms in total. The molecule has 1 heterocycles. The van der Waals surface area contributed by atoms with E-state index in [0.717, 1.165) is 26.2 Å². The second-order valence-corrected chi connectivity index (χ2v) is 4.61. The van der Waals surface area contributed by atoms with Crippen LogP contribution >= 0.6 is 7.82 Å². The number of hydrogen-bond donors (Lipinski definition) is 4. The molecule has 0 saturated carbocycles. The topological polar surface area (TPSA) is 93.0 Å². The lowest BCUT2D eigenvalue weighted by Gasteiger charge is -2.29. The van der Waals surface area contributed by atoms with Gasteiger partial charge in [0, 0.05) is 31.9 Å². The Morgan fingerprint density at radius 2 is 1.53 bits per heavy atom. The first kappa shape index (κ1) is 14.2. The van der Waals surface area contributed by atoms with Crippen molar-refractivity contribution < 1.29 is 19.2 Å². The maximum absolute atomic E-state index is 8.88. The van der Waals surface area contributed by atoms with Crippen LogP contribution in [0, 0.1) is 0 Å². The molecule has 1 aliphatic heterocycles. The molecule has 1 fully saturated rings. The van der Waals surface area contributed by atoms with Crippen LogP contribution < -0.4 is 10.2 Å². The van der Waals surface area contributed by atoms with Crippen LogP contribution in [0.4, 0.5) is 5.69 Å². The summed E-state index contributed by atoms with van der Waals surface area (Å²) in [6.45, 7) is 4.47. The highest BCUT2D eigenvalue weighted by atomic mass is 31.2. The minimum absolute atomic E-state index is 1.11. The van der Waals surface area contributed by atoms with Gasteiger partial charge in [-0.15, -0.1) is 0 Å². The molecule has 1 saturated heterocycles. The van der Waals surface area contributed by atoms with Crippen molar-refractivity contribution in [2.24, 2.45) is 0 Å². The Hall–Kier alpha value is -0.910. The molecule has 0 unspecified atom stereocenters. The zero-order valence-electron chi connectivity index (χ0n) is 9.36. The van der Waals surface area contributed by atoms with Gasteiger partial charge in [-0.1, -0.05) is 18.2 Å². The molecule has 4 N–H and O–H groups in total. The standard InChI is InChI=1S/C10H14N2.H3O4P/c1-2-4-10(5-3-1)12-8-6-11-7-9-12;1-5(2,3)4/h1-5,11H,6-9H2;(H3,1,2,3,4). The fourth-order valence-corrected chi connectivity index (χ4v) is 1.56. The highest BCUT2D eigenvalue weighted by Crippen LogP contribution is 2.25. The van der Waals surface area contributed by atoms with Crippen molar-refractivity contribution in [1.82, 2.24) is 5.32 Å². The molecule has 0 amide bonds. The summed E-state index contributed by atoms with van der Waals surface area (Å²) in [6, 6.07) is 10.6. The number of anilines is 1. The second kappa shape index (κ2) is 6.74. The van der Waals surface area contributed by atoms with Gasteiger partial charge >= 0.3 is 7.82 Å². The number of para-hydroxylation sites is 1. The Kier molecular flexibility index (Phi) is 5.61. The van der Waals surface area contributed by atoms with Crippen LogP contribution in [-0.2, 0) is 4.57 Å². The molecule has 2 rings (SSSR count). The summed E-state index contributed by atoms with van der Waals surface area (Å²) in [6.07, 6.45) is 0. The number of hydrogen-bond acceptors (Lipinski definition) is 3. The third kappa shape index (κ3) is 7.10. The molecule has 0 atom stereocenters. The molecule has 0 aliphatic carbocycles. The normalized spacial score (nSPS) is 16.1. The minimum atomic E-state index is -4.64. The van der Waals surface area contributed by atoms with Crippen molar-refractivity contribution in [2.75, 3.05) is 31.1 Å². The first-order valence-electron chi connectivity index (χ1n) is 5.26. The molecular formula is C10H17N2O4P. The van der Waals surface area contributed by atoms with Gasteiger partial charge in [0.15, 0.2) is 0 Å². The van der Waals surface area contributed by atoms with Gasteiger partial charge in [0.05, 0.1) is 0 Å². The Morgan fingerprint density at radius 3 is 2.00 bits per heavy atom. The summed E-state index contributed by atoms with van der Waals surface area (Å²) in [5, 5.41) is 3.34. The Bertz CT molecular complexity index is 354. The molecule has 1 aromatic rings. The predicted octanol–water partition coefficient (Wildman–Crippen LogP) is 0.168. The first-order chi connectivity index (χ1) is 7.97. The van der Waals surface area contributed by atoms with Gasteiger partial charge in [-0.2, -0.15) is 0 Å². The van der Waals surface area contributed by atoms with Gasteiger partial charge in [-0.25, -0.2) is 4.57 Å². The van der Waals surface area contributed by atoms with Crippen LogP contribution in [0.2, 0.25) is 0 Å². The summed E-state index contributed by atoms with van der Waals surface area (Å²) in [5.74, 6) is 0. The van der Waals surface area contributed by atoms with Crippen molar-refractivity contribution >= 4 is 13.5 Å². The lowest BCUT2D eigenvalue weighted by molar-refractivity contribution is 0.275. The Balaban J connectivity index is 0.000000249. The summed E-state index contributed by atoms with van der Waals surface area (Å²) >= 11 is 0. The SMILES string of the molecule is O=P(O)(O)O.c1ccc(N2CCNCC2)cc1. The quantitative estimate of drug-likeness (QED) is 0.538. The second-order valence-electron chi connectivity index (χ2n) is 3.59. The largest absolute Gasteiger partial charge is 0.466 e. The van der Waals surface area contributed by atoms with E-state index in [1.54, 1.807) is 0 Å². The van der Waals surface area contributed by atoms with E-state index in [9.17, 15) is 0 Å². The van der Waals surface area contributed by atoms with Gasteiger partial charge in [-0.3, -0.25) is 0 Å². The monoisotopic (exact) mass is 260 g/mol. The molecule has 1 aliphatic rings. The maximum atomic E-state index is 8.88. The molecule has 0 aromatic heterocycles. The van der Waals surface area contributed by atoms with E-state index in [0.29, 0.717) is 0 Å². The average Bonchev–Trinajstić information content (AvgIpc) is 2.29. The van der Waals surface area contributed by atoms with E-state index in [4.69, 9.17) is 19.2 Å².